The molecular formula is C16H17ClFNO. The Balaban J connectivity index is 2.16. The molecule has 0 radical (unpaired) electrons. The number of hydrogen-bond acceptors (Lipinski definition) is 2. The fraction of sp³-hybridized carbons (Fsp3) is 0.250. The molecule has 2 rings (SSSR count). The molecule has 0 heterocycles. The van der Waals surface area contributed by atoms with Crippen molar-refractivity contribution in [2.75, 3.05) is 7.05 Å². The summed E-state index contributed by atoms with van der Waals surface area (Å²) in [5.41, 5.74) is 2.88. The van der Waals surface area contributed by atoms with E-state index in [9.17, 15) is 4.39 Å². The van der Waals surface area contributed by atoms with Gasteiger partial charge in [0.05, 0.1) is 5.02 Å². The van der Waals surface area contributed by atoms with Crippen molar-refractivity contribution in [1.29, 1.82) is 0 Å². The highest BCUT2D eigenvalue weighted by atomic mass is 35.5. The molecule has 0 unspecified atom stereocenters. The van der Waals surface area contributed by atoms with E-state index >= 15 is 0 Å². The van der Waals surface area contributed by atoms with Crippen LogP contribution < -0.4 is 10.1 Å². The van der Waals surface area contributed by atoms with Crippen molar-refractivity contribution in [3.8, 4) is 5.75 Å². The van der Waals surface area contributed by atoms with Crippen LogP contribution >= 0.6 is 11.6 Å². The smallest absolute Gasteiger partial charge is 0.142 e. The van der Waals surface area contributed by atoms with Crippen molar-refractivity contribution in [2.24, 2.45) is 0 Å². The van der Waals surface area contributed by atoms with Gasteiger partial charge in [-0.05, 0) is 26.1 Å². The fourth-order valence-corrected chi connectivity index (χ4v) is 2.17. The molecule has 0 saturated carbocycles. The summed E-state index contributed by atoms with van der Waals surface area (Å²) in [6.45, 7) is 3.00. The Hall–Kier alpha value is -1.58. The SMILES string of the molecule is CNCc1cc(C)ccc1OCc1cccc(F)c1Cl. The molecular weight excluding hydrogens is 277 g/mol. The molecule has 0 aliphatic carbocycles. The third kappa shape index (κ3) is 3.50. The van der Waals surface area contributed by atoms with Crippen LogP contribution in [0.4, 0.5) is 4.39 Å². The van der Waals surface area contributed by atoms with Crippen LogP contribution in [-0.2, 0) is 13.2 Å². The number of rotatable bonds is 5. The Labute approximate surface area is 123 Å². The Morgan fingerprint density at radius 3 is 2.75 bits per heavy atom. The van der Waals surface area contributed by atoms with E-state index < -0.39 is 5.82 Å². The second-order valence-electron chi connectivity index (χ2n) is 4.64. The molecule has 0 saturated heterocycles. The highest BCUT2D eigenvalue weighted by Gasteiger charge is 2.08. The van der Waals surface area contributed by atoms with Crippen LogP contribution in [0.1, 0.15) is 16.7 Å². The Morgan fingerprint density at radius 2 is 2.00 bits per heavy atom. The molecule has 106 valence electrons. The van der Waals surface area contributed by atoms with Crippen molar-refractivity contribution in [3.05, 3.63) is 63.9 Å². The van der Waals surface area contributed by atoms with Crippen LogP contribution in [0, 0.1) is 12.7 Å². The fourth-order valence-electron chi connectivity index (χ4n) is 1.99. The van der Waals surface area contributed by atoms with E-state index in [1.165, 1.54) is 11.6 Å². The van der Waals surface area contributed by atoms with Crippen molar-refractivity contribution in [2.45, 2.75) is 20.1 Å². The molecule has 0 atom stereocenters. The summed E-state index contributed by atoms with van der Waals surface area (Å²) in [6.07, 6.45) is 0. The molecule has 2 aromatic rings. The molecule has 2 nitrogen and oxygen atoms in total. The van der Waals surface area contributed by atoms with Gasteiger partial charge in [-0.1, -0.05) is 41.4 Å². The van der Waals surface area contributed by atoms with Crippen LogP contribution in [0.3, 0.4) is 0 Å². The normalized spacial score (nSPS) is 10.6. The molecule has 1 N–H and O–H groups in total. The predicted molar refractivity (Wildman–Crippen MR) is 79.7 cm³/mol. The van der Waals surface area contributed by atoms with Crippen LogP contribution in [0.5, 0.6) is 5.75 Å². The summed E-state index contributed by atoms with van der Waals surface area (Å²) in [6, 6.07) is 10.7. The van der Waals surface area contributed by atoms with E-state index in [1.807, 2.05) is 26.1 Å². The quantitative estimate of drug-likeness (QED) is 0.896. The van der Waals surface area contributed by atoms with Crippen molar-refractivity contribution >= 4 is 11.6 Å². The van der Waals surface area contributed by atoms with Crippen LogP contribution in [0.25, 0.3) is 0 Å². The number of nitrogens with one attached hydrogen (secondary N) is 1. The first-order valence-electron chi connectivity index (χ1n) is 6.41. The number of halogens is 2. The maximum Gasteiger partial charge on any atom is 0.142 e. The maximum absolute atomic E-state index is 13.4. The first-order valence-corrected chi connectivity index (χ1v) is 6.79. The van der Waals surface area contributed by atoms with Crippen molar-refractivity contribution in [3.63, 3.8) is 0 Å². The van der Waals surface area contributed by atoms with Gasteiger partial charge in [0.25, 0.3) is 0 Å². The molecule has 4 heteroatoms. The second-order valence-corrected chi connectivity index (χ2v) is 5.02. The number of aryl methyl sites for hydroxylation is 1. The van der Waals surface area contributed by atoms with Gasteiger partial charge in [0, 0.05) is 17.7 Å². The summed E-state index contributed by atoms with van der Waals surface area (Å²) < 4.78 is 19.1. The predicted octanol–water partition coefficient (Wildman–Crippen LogP) is 4.09. The topological polar surface area (TPSA) is 21.3 Å². The molecule has 2 aromatic carbocycles. The average molecular weight is 294 g/mol. The zero-order valence-electron chi connectivity index (χ0n) is 11.5. The first kappa shape index (κ1) is 14.8. The molecule has 0 fully saturated rings. The zero-order valence-corrected chi connectivity index (χ0v) is 12.3. The summed E-state index contributed by atoms with van der Waals surface area (Å²) >= 11 is 5.92. The average Bonchev–Trinajstić information content (AvgIpc) is 2.42. The van der Waals surface area contributed by atoms with E-state index in [0.29, 0.717) is 12.1 Å². The minimum Gasteiger partial charge on any atom is -0.489 e. The van der Waals surface area contributed by atoms with Crippen LogP contribution in [0.15, 0.2) is 36.4 Å². The number of ether oxygens (including phenoxy) is 1. The zero-order chi connectivity index (χ0) is 14.5. The standard InChI is InChI=1S/C16H17ClFNO/c1-11-6-7-15(13(8-11)9-19-2)20-10-12-4-3-5-14(18)16(12)17/h3-8,19H,9-10H2,1-2H3. The second kappa shape index (κ2) is 6.73. The van der Waals surface area contributed by atoms with E-state index in [-0.39, 0.29) is 11.6 Å². The van der Waals surface area contributed by atoms with Crippen molar-refractivity contribution in [1.82, 2.24) is 5.32 Å². The molecule has 20 heavy (non-hydrogen) atoms. The molecule has 0 spiro atoms. The first-order chi connectivity index (χ1) is 9.61. The van der Waals surface area contributed by atoms with Gasteiger partial charge in [-0.25, -0.2) is 4.39 Å². The van der Waals surface area contributed by atoms with Gasteiger partial charge in [-0.2, -0.15) is 0 Å². The monoisotopic (exact) mass is 293 g/mol. The molecule has 0 aliphatic rings. The van der Waals surface area contributed by atoms with Crippen LogP contribution in [-0.4, -0.2) is 7.05 Å². The lowest BCUT2D eigenvalue weighted by Gasteiger charge is -2.13. The van der Waals surface area contributed by atoms with Gasteiger partial charge in [-0.15, -0.1) is 0 Å². The summed E-state index contributed by atoms with van der Waals surface area (Å²) in [7, 11) is 1.88. The lowest BCUT2D eigenvalue weighted by Crippen LogP contribution is -2.08. The van der Waals surface area contributed by atoms with Gasteiger partial charge >= 0.3 is 0 Å². The Bertz CT molecular complexity index is 601. The van der Waals surface area contributed by atoms with Crippen LogP contribution in [0.2, 0.25) is 5.02 Å². The van der Waals surface area contributed by atoms with E-state index in [1.54, 1.807) is 12.1 Å². The Morgan fingerprint density at radius 1 is 1.20 bits per heavy atom. The van der Waals surface area contributed by atoms with Gasteiger partial charge in [0.1, 0.15) is 18.2 Å². The highest BCUT2D eigenvalue weighted by Crippen LogP contribution is 2.24. The van der Waals surface area contributed by atoms with Crippen molar-refractivity contribution < 1.29 is 9.13 Å². The van der Waals surface area contributed by atoms with Gasteiger partial charge in [0.2, 0.25) is 0 Å². The van der Waals surface area contributed by atoms with Gasteiger partial charge in [0.15, 0.2) is 0 Å². The number of hydrogen-bond donors (Lipinski definition) is 1. The summed E-state index contributed by atoms with van der Waals surface area (Å²) in [5, 5.41) is 3.22. The van der Waals surface area contributed by atoms with Gasteiger partial charge < -0.3 is 10.1 Å². The summed E-state index contributed by atoms with van der Waals surface area (Å²) in [5.74, 6) is 0.359. The molecule has 0 amide bonds. The third-order valence-electron chi connectivity index (χ3n) is 3.00. The Kier molecular flexibility index (Phi) is 4.99. The minimum atomic E-state index is -0.424. The largest absolute Gasteiger partial charge is 0.489 e. The minimum absolute atomic E-state index is 0.120. The molecule has 0 bridgehead atoms. The molecule has 0 aromatic heterocycles. The lowest BCUT2D eigenvalue weighted by molar-refractivity contribution is 0.302. The van der Waals surface area contributed by atoms with Gasteiger partial charge in [-0.3, -0.25) is 0 Å². The van der Waals surface area contributed by atoms with E-state index in [2.05, 4.69) is 11.4 Å². The van der Waals surface area contributed by atoms with E-state index in [4.69, 9.17) is 16.3 Å². The summed E-state index contributed by atoms with van der Waals surface area (Å²) in [4.78, 5) is 0. The lowest BCUT2D eigenvalue weighted by atomic mass is 10.1. The molecule has 0 aliphatic heterocycles. The highest BCUT2D eigenvalue weighted by molar-refractivity contribution is 6.31. The van der Waals surface area contributed by atoms with E-state index in [0.717, 1.165) is 11.3 Å². The third-order valence-corrected chi connectivity index (χ3v) is 3.42. The number of benzene rings is 2. The maximum atomic E-state index is 13.4.